The van der Waals surface area contributed by atoms with Crippen molar-refractivity contribution >= 4 is 34.5 Å². The summed E-state index contributed by atoms with van der Waals surface area (Å²) >= 11 is 13.4. The summed E-state index contributed by atoms with van der Waals surface area (Å²) in [7, 11) is 0. The lowest BCUT2D eigenvalue weighted by atomic mass is 10.2. The van der Waals surface area contributed by atoms with Crippen LogP contribution in [0.15, 0.2) is 24.3 Å². The molecule has 0 aliphatic carbocycles. The first-order chi connectivity index (χ1) is 9.69. The van der Waals surface area contributed by atoms with Crippen LogP contribution in [0, 0.1) is 11.3 Å². The Balaban J connectivity index is 2.08. The average molecular weight is 322 g/mol. The molecule has 1 aromatic carbocycles. The van der Waals surface area contributed by atoms with E-state index in [1.807, 2.05) is 18.2 Å². The Labute approximate surface area is 127 Å². The topological polar surface area (TPSA) is 78.2 Å². The molecule has 98 valence electrons. The molecule has 0 bridgehead atoms. The Hall–Kier alpha value is -1.94. The number of nitrogens with zero attached hydrogens (tertiary/aromatic N) is 4. The minimum absolute atomic E-state index is 0.167. The quantitative estimate of drug-likeness (QED) is 0.779. The summed E-state index contributed by atoms with van der Waals surface area (Å²) in [6, 6.07) is 9.22. The van der Waals surface area contributed by atoms with Gasteiger partial charge in [-0.3, -0.25) is 0 Å². The van der Waals surface area contributed by atoms with Crippen LogP contribution < -0.4 is 0 Å². The predicted octanol–water partition coefficient (Wildman–Crippen LogP) is 3.77. The lowest BCUT2D eigenvalue weighted by Crippen LogP contribution is -1.84. The first kappa shape index (κ1) is 13.1. The summed E-state index contributed by atoms with van der Waals surface area (Å²) < 4.78 is 0.459. The molecule has 0 unspecified atom stereocenters. The van der Waals surface area contributed by atoms with Crippen molar-refractivity contribution in [2.75, 3.05) is 0 Å². The second kappa shape index (κ2) is 5.21. The highest BCUT2D eigenvalue weighted by molar-refractivity contribution is 7.19. The minimum atomic E-state index is 0.167. The molecule has 0 aliphatic heterocycles. The molecule has 2 heterocycles. The maximum Gasteiger partial charge on any atom is 0.192 e. The van der Waals surface area contributed by atoms with Crippen molar-refractivity contribution in [3.63, 3.8) is 0 Å². The molecule has 5 nitrogen and oxygen atoms in total. The van der Waals surface area contributed by atoms with Crippen molar-refractivity contribution in [2.24, 2.45) is 0 Å². The van der Waals surface area contributed by atoms with E-state index in [-0.39, 0.29) is 5.69 Å². The SMILES string of the molecule is N#Cc1n[nH]nc1-c1nc(-c2ccc(Cl)cc2)sc1Cl. The third-order valence-corrected chi connectivity index (χ3v) is 4.11. The number of halogens is 2. The number of hydrogen-bond donors (Lipinski definition) is 1. The second-order valence-corrected chi connectivity index (χ2v) is 5.82. The Bertz CT molecular complexity index is 800. The van der Waals surface area contributed by atoms with Gasteiger partial charge in [0.05, 0.1) is 0 Å². The van der Waals surface area contributed by atoms with Gasteiger partial charge in [-0.2, -0.15) is 15.6 Å². The minimum Gasteiger partial charge on any atom is -0.233 e. The third kappa shape index (κ3) is 2.27. The van der Waals surface area contributed by atoms with Crippen LogP contribution in [0.2, 0.25) is 9.36 Å². The molecule has 0 fully saturated rings. The molecule has 8 heteroatoms. The molecule has 0 saturated heterocycles. The fourth-order valence-electron chi connectivity index (χ4n) is 1.64. The van der Waals surface area contributed by atoms with Gasteiger partial charge in [-0.05, 0) is 12.1 Å². The number of hydrogen-bond acceptors (Lipinski definition) is 5. The van der Waals surface area contributed by atoms with Gasteiger partial charge in [0, 0.05) is 10.6 Å². The van der Waals surface area contributed by atoms with Crippen LogP contribution >= 0.6 is 34.5 Å². The highest BCUT2D eigenvalue weighted by atomic mass is 35.5. The lowest BCUT2D eigenvalue weighted by molar-refractivity contribution is 0.936. The number of nitriles is 1. The summed E-state index contributed by atoms with van der Waals surface area (Å²) in [5, 5.41) is 20.4. The number of benzene rings is 1. The lowest BCUT2D eigenvalue weighted by Gasteiger charge is -1.95. The van der Waals surface area contributed by atoms with Crippen molar-refractivity contribution in [1.29, 1.82) is 5.26 Å². The van der Waals surface area contributed by atoms with Gasteiger partial charge in [0.25, 0.3) is 0 Å². The van der Waals surface area contributed by atoms with E-state index in [0.29, 0.717) is 20.7 Å². The van der Waals surface area contributed by atoms with Crippen molar-refractivity contribution in [1.82, 2.24) is 20.4 Å². The van der Waals surface area contributed by atoms with E-state index in [9.17, 15) is 0 Å². The summed E-state index contributed by atoms with van der Waals surface area (Å²) in [6.45, 7) is 0. The van der Waals surface area contributed by atoms with Crippen LogP contribution in [0.4, 0.5) is 0 Å². The predicted molar refractivity (Wildman–Crippen MR) is 77.7 cm³/mol. The van der Waals surface area contributed by atoms with Crippen LogP contribution in [-0.4, -0.2) is 20.4 Å². The number of aromatic nitrogens is 4. The first-order valence-electron chi connectivity index (χ1n) is 5.42. The van der Waals surface area contributed by atoms with E-state index >= 15 is 0 Å². The van der Waals surface area contributed by atoms with Gasteiger partial charge < -0.3 is 0 Å². The monoisotopic (exact) mass is 321 g/mol. The maximum atomic E-state index is 8.96. The molecule has 0 aliphatic rings. The number of thiazole rings is 1. The highest BCUT2D eigenvalue weighted by Crippen LogP contribution is 2.37. The molecule has 0 atom stereocenters. The van der Waals surface area contributed by atoms with Gasteiger partial charge in [0.2, 0.25) is 0 Å². The van der Waals surface area contributed by atoms with Crippen molar-refractivity contribution in [3.05, 3.63) is 39.3 Å². The number of H-pyrrole nitrogens is 1. The van der Waals surface area contributed by atoms with Gasteiger partial charge in [-0.15, -0.1) is 16.4 Å². The average Bonchev–Trinajstić information content (AvgIpc) is 3.05. The molecular formula is C12H5Cl2N5S. The standard InChI is InChI=1S/C12H5Cl2N5S/c13-7-3-1-6(2-4-7)12-16-10(11(14)20-12)9-8(5-15)17-19-18-9/h1-4H,(H,17,18,19). The number of rotatable bonds is 2. The summed E-state index contributed by atoms with van der Waals surface area (Å²) in [5.74, 6) is 0. The molecule has 1 N–H and O–H groups in total. The van der Waals surface area contributed by atoms with E-state index < -0.39 is 0 Å². The molecule has 2 aromatic heterocycles. The van der Waals surface area contributed by atoms with E-state index in [0.717, 1.165) is 10.6 Å². The molecule has 0 spiro atoms. The zero-order valence-corrected chi connectivity index (χ0v) is 12.1. The van der Waals surface area contributed by atoms with Crippen molar-refractivity contribution in [2.45, 2.75) is 0 Å². The molecule has 0 radical (unpaired) electrons. The molecular weight excluding hydrogens is 317 g/mol. The number of aromatic amines is 1. The Morgan fingerprint density at radius 3 is 2.55 bits per heavy atom. The molecule has 0 amide bonds. The first-order valence-corrected chi connectivity index (χ1v) is 7.00. The third-order valence-electron chi connectivity index (χ3n) is 2.56. The van der Waals surface area contributed by atoms with Gasteiger partial charge in [0.15, 0.2) is 11.4 Å². The van der Waals surface area contributed by atoms with Crippen molar-refractivity contribution < 1.29 is 0 Å². The summed E-state index contributed by atoms with van der Waals surface area (Å²) in [6.07, 6.45) is 0. The van der Waals surface area contributed by atoms with Gasteiger partial charge in [0.1, 0.15) is 21.1 Å². The molecule has 3 aromatic rings. The zero-order valence-electron chi connectivity index (χ0n) is 9.76. The van der Waals surface area contributed by atoms with E-state index in [1.54, 1.807) is 12.1 Å². The Morgan fingerprint density at radius 1 is 1.10 bits per heavy atom. The number of nitrogens with one attached hydrogen (secondary N) is 1. The van der Waals surface area contributed by atoms with E-state index in [2.05, 4.69) is 20.4 Å². The zero-order chi connectivity index (χ0) is 14.1. The van der Waals surface area contributed by atoms with Crippen LogP contribution in [0.25, 0.3) is 22.0 Å². The van der Waals surface area contributed by atoms with E-state index in [1.165, 1.54) is 11.3 Å². The van der Waals surface area contributed by atoms with Crippen LogP contribution in [-0.2, 0) is 0 Å². The van der Waals surface area contributed by atoms with Crippen molar-refractivity contribution in [3.8, 4) is 28.0 Å². The van der Waals surface area contributed by atoms with Gasteiger partial charge >= 0.3 is 0 Å². The van der Waals surface area contributed by atoms with Crippen LogP contribution in [0.3, 0.4) is 0 Å². The molecule has 20 heavy (non-hydrogen) atoms. The summed E-state index contributed by atoms with van der Waals surface area (Å²) in [5.41, 5.74) is 1.87. The maximum absolute atomic E-state index is 8.96. The fraction of sp³-hybridized carbons (Fsp3) is 0. The second-order valence-electron chi connectivity index (χ2n) is 3.78. The van der Waals surface area contributed by atoms with Gasteiger partial charge in [-0.1, -0.05) is 35.3 Å². The van der Waals surface area contributed by atoms with E-state index in [4.69, 9.17) is 28.5 Å². The summed E-state index contributed by atoms with van der Waals surface area (Å²) in [4.78, 5) is 4.43. The smallest absolute Gasteiger partial charge is 0.192 e. The normalized spacial score (nSPS) is 10.4. The Kier molecular flexibility index (Phi) is 3.40. The largest absolute Gasteiger partial charge is 0.233 e. The van der Waals surface area contributed by atoms with Crippen LogP contribution in [0.1, 0.15) is 5.69 Å². The van der Waals surface area contributed by atoms with Gasteiger partial charge in [-0.25, -0.2) is 4.98 Å². The van der Waals surface area contributed by atoms with Crippen LogP contribution in [0.5, 0.6) is 0 Å². The Morgan fingerprint density at radius 2 is 1.85 bits per heavy atom. The molecule has 0 saturated carbocycles. The fourth-order valence-corrected chi connectivity index (χ4v) is 2.91. The highest BCUT2D eigenvalue weighted by Gasteiger charge is 2.19. The molecule has 3 rings (SSSR count).